The highest BCUT2D eigenvalue weighted by Gasteiger charge is 2.03. The van der Waals surface area contributed by atoms with Gasteiger partial charge in [0.1, 0.15) is 0 Å². The van der Waals surface area contributed by atoms with E-state index in [0.29, 0.717) is 0 Å². The first kappa shape index (κ1) is 13.0. The summed E-state index contributed by atoms with van der Waals surface area (Å²) in [5, 5.41) is 0. The Bertz CT molecular complexity index is 452. The van der Waals surface area contributed by atoms with Gasteiger partial charge in [0.25, 0.3) is 0 Å². The molecule has 0 fully saturated rings. The van der Waals surface area contributed by atoms with Crippen LogP contribution in [0, 0.1) is 20.8 Å². The van der Waals surface area contributed by atoms with E-state index in [-0.39, 0.29) is 11.9 Å². The van der Waals surface area contributed by atoms with Gasteiger partial charge >= 0.3 is 0 Å². The third-order valence-electron chi connectivity index (χ3n) is 2.24. The molecule has 1 aromatic carbocycles. The van der Waals surface area contributed by atoms with Crippen LogP contribution < -0.4 is 22.7 Å². The van der Waals surface area contributed by atoms with Crippen LogP contribution in [0.3, 0.4) is 0 Å². The van der Waals surface area contributed by atoms with Gasteiger partial charge in [0, 0.05) is 0 Å². The van der Waals surface area contributed by atoms with E-state index in [4.69, 9.17) is 17.3 Å². The van der Waals surface area contributed by atoms with Crippen LogP contribution >= 0.6 is 0 Å². The number of guanidine groups is 2. The van der Waals surface area contributed by atoms with Gasteiger partial charge in [0.05, 0.1) is 5.69 Å². The molecule has 7 N–H and O–H groups in total. The standard InChI is InChI=1S/C11H18N6/c1-6-4-7(2)9(8(3)5-6)15-10(12)16-11(13)17-14/h4-5H,14H2,1-3H3,(H5,12,13,15,16,17). The van der Waals surface area contributed by atoms with Crippen molar-refractivity contribution in [3.05, 3.63) is 28.8 Å². The van der Waals surface area contributed by atoms with Crippen LogP contribution in [0.5, 0.6) is 0 Å². The SMILES string of the molecule is Cc1cc(C)c(N=C(N)/N=C(\N)NN)c(C)c1. The van der Waals surface area contributed by atoms with Gasteiger partial charge in [-0.15, -0.1) is 0 Å². The minimum absolute atomic E-state index is 0.0219. The van der Waals surface area contributed by atoms with E-state index in [9.17, 15) is 0 Å². The lowest BCUT2D eigenvalue weighted by Crippen LogP contribution is -2.38. The molecule has 17 heavy (non-hydrogen) atoms. The predicted molar refractivity (Wildman–Crippen MR) is 70.9 cm³/mol. The van der Waals surface area contributed by atoms with E-state index < -0.39 is 0 Å². The molecule has 6 heteroatoms. The summed E-state index contributed by atoms with van der Waals surface area (Å²) in [4.78, 5) is 8.00. The van der Waals surface area contributed by atoms with Crippen molar-refractivity contribution in [2.75, 3.05) is 0 Å². The Kier molecular flexibility index (Phi) is 4.06. The molecule has 0 aromatic heterocycles. The predicted octanol–water partition coefficient (Wildman–Crippen LogP) is 0.336. The third-order valence-corrected chi connectivity index (χ3v) is 2.24. The summed E-state index contributed by atoms with van der Waals surface area (Å²) < 4.78 is 0. The molecule has 1 rings (SSSR count). The molecular weight excluding hydrogens is 216 g/mol. The van der Waals surface area contributed by atoms with Crippen LogP contribution in [0.1, 0.15) is 16.7 Å². The van der Waals surface area contributed by atoms with Crippen LogP contribution in [0.4, 0.5) is 5.69 Å². The molecule has 0 aliphatic heterocycles. The number of aryl methyl sites for hydroxylation is 3. The second-order valence-electron chi connectivity index (χ2n) is 3.86. The second kappa shape index (κ2) is 5.31. The van der Waals surface area contributed by atoms with Crippen molar-refractivity contribution in [3.8, 4) is 0 Å². The zero-order valence-corrected chi connectivity index (χ0v) is 10.3. The van der Waals surface area contributed by atoms with Crippen molar-refractivity contribution >= 4 is 17.6 Å². The Hall–Kier alpha value is -2.08. The average Bonchev–Trinajstić information content (AvgIpc) is 2.23. The molecule has 0 heterocycles. The summed E-state index contributed by atoms with van der Waals surface area (Å²) in [6.07, 6.45) is 0. The fourth-order valence-corrected chi connectivity index (χ4v) is 1.64. The highest BCUT2D eigenvalue weighted by atomic mass is 15.3. The van der Waals surface area contributed by atoms with Crippen LogP contribution in [0.15, 0.2) is 22.1 Å². The van der Waals surface area contributed by atoms with Crippen LogP contribution in [0.2, 0.25) is 0 Å². The van der Waals surface area contributed by atoms with Crippen molar-refractivity contribution in [2.24, 2.45) is 27.3 Å². The van der Waals surface area contributed by atoms with Crippen LogP contribution in [-0.4, -0.2) is 11.9 Å². The van der Waals surface area contributed by atoms with Crippen molar-refractivity contribution in [1.82, 2.24) is 5.43 Å². The molecule has 1 aromatic rings. The molecule has 0 aliphatic rings. The summed E-state index contributed by atoms with van der Waals surface area (Å²) in [6.45, 7) is 5.98. The van der Waals surface area contributed by atoms with Crippen LogP contribution in [0.25, 0.3) is 0 Å². The maximum absolute atomic E-state index is 5.64. The summed E-state index contributed by atoms with van der Waals surface area (Å²) in [7, 11) is 0. The Labute approximate surface area is 101 Å². The highest BCUT2D eigenvalue weighted by molar-refractivity contribution is 5.94. The summed E-state index contributed by atoms with van der Waals surface area (Å²) in [5.41, 5.74) is 17.3. The van der Waals surface area contributed by atoms with Crippen molar-refractivity contribution < 1.29 is 0 Å². The van der Waals surface area contributed by atoms with E-state index in [0.717, 1.165) is 16.8 Å². The second-order valence-corrected chi connectivity index (χ2v) is 3.86. The van der Waals surface area contributed by atoms with E-state index in [1.165, 1.54) is 5.56 Å². The van der Waals surface area contributed by atoms with Crippen molar-refractivity contribution in [1.29, 1.82) is 0 Å². The maximum Gasteiger partial charge on any atom is 0.223 e. The first-order valence-corrected chi connectivity index (χ1v) is 5.17. The lowest BCUT2D eigenvalue weighted by Gasteiger charge is -2.07. The smallest absolute Gasteiger partial charge is 0.223 e. The average molecular weight is 234 g/mol. The minimum Gasteiger partial charge on any atom is -0.368 e. The number of hydrazine groups is 1. The number of hydrogen-bond donors (Lipinski definition) is 4. The van der Waals surface area contributed by atoms with E-state index in [2.05, 4.69) is 15.4 Å². The molecule has 0 unspecified atom stereocenters. The van der Waals surface area contributed by atoms with Gasteiger partial charge < -0.3 is 11.5 Å². The summed E-state index contributed by atoms with van der Waals surface area (Å²) in [5.74, 6) is 5.16. The first-order chi connectivity index (χ1) is 7.93. The zero-order valence-electron chi connectivity index (χ0n) is 10.3. The zero-order chi connectivity index (χ0) is 13.0. The number of nitrogens with two attached hydrogens (primary N) is 3. The van der Waals surface area contributed by atoms with Gasteiger partial charge in [0.15, 0.2) is 0 Å². The summed E-state index contributed by atoms with van der Waals surface area (Å²) in [6, 6.07) is 4.07. The molecule has 0 aliphatic carbocycles. The Balaban J connectivity index is 3.15. The Morgan fingerprint density at radius 2 is 1.65 bits per heavy atom. The molecule has 6 nitrogen and oxygen atoms in total. The molecule has 0 amide bonds. The number of benzene rings is 1. The fourth-order valence-electron chi connectivity index (χ4n) is 1.64. The first-order valence-electron chi connectivity index (χ1n) is 5.17. The lowest BCUT2D eigenvalue weighted by molar-refractivity contribution is 1.01. The highest BCUT2D eigenvalue weighted by Crippen LogP contribution is 2.24. The number of nitrogens with zero attached hydrogens (tertiary/aromatic N) is 2. The van der Waals surface area contributed by atoms with Gasteiger partial charge in [0.2, 0.25) is 11.9 Å². The number of nitrogens with one attached hydrogen (secondary N) is 1. The van der Waals surface area contributed by atoms with Crippen LogP contribution in [-0.2, 0) is 0 Å². The maximum atomic E-state index is 5.64. The van der Waals surface area contributed by atoms with Gasteiger partial charge in [-0.25, -0.2) is 10.8 Å². The molecule has 0 saturated carbocycles. The molecule has 0 atom stereocenters. The van der Waals surface area contributed by atoms with E-state index in [1.54, 1.807) is 0 Å². The normalized spacial score (nSPS) is 12.7. The molecule has 0 spiro atoms. The minimum atomic E-state index is 0.0219. The monoisotopic (exact) mass is 234 g/mol. The van der Waals surface area contributed by atoms with Gasteiger partial charge in [-0.2, -0.15) is 4.99 Å². The number of aliphatic imine (C=N–C) groups is 2. The molecule has 0 saturated heterocycles. The molecular formula is C11H18N6. The third kappa shape index (κ3) is 3.46. The molecule has 0 bridgehead atoms. The molecule has 0 radical (unpaired) electrons. The lowest BCUT2D eigenvalue weighted by atomic mass is 10.1. The largest absolute Gasteiger partial charge is 0.368 e. The van der Waals surface area contributed by atoms with Gasteiger partial charge in [-0.05, 0) is 31.9 Å². The van der Waals surface area contributed by atoms with Crippen molar-refractivity contribution in [2.45, 2.75) is 20.8 Å². The number of hydrogen-bond acceptors (Lipinski definition) is 2. The van der Waals surface area contributed by atoms with E-state index in [1.807, 2.05) is 32.9 Å². The van der Waals surface area contributed by atoms with Crippen molar-refractivity contribution in [3.63, 3.8) is 0 Å². The quantitative estimate of drug-likeness (QED) is 0.243. The Morgan fingerprint density at radius 3 is 2.12 bits per heavy atom. The Morgan fingerprint density at radius 1 is 1.12 bits per heavy atom. The topological polar surface area (TPSA) is 115 Å². The number of rotatable bonds is 1. The van der Waals surface area contributed by atoms with E-state index >= 15 is 0 Å². The van der Waals surface area contributed by atoms with Gasteiger partial charge in [-0.3, -0.25) is 5.43 Å². The summed E-state index contributed by atoms with van der Waals surface area (Å²) >= 11 is 0. The molecule has 92 valence electrons. The fraction of sp³-hybridized carbons (Fsp3) is 0.273. The van der Waals surface area contributed by atoms with Gasteiger partial charge in [-0.1, -0.05) is 17.7 Å².